The number of hydrogen-bond acceptors (Lipinski definition) is 2. The monoisotopic (exact) mass is 293 g/mol. The van der Waals surface area contributed by atoms with Crippen LogP contribution in [0, 0.1) is 6.92 Å². The molecule has 0 aliphatic carbocycles. The molecule has 3 N–H and O–H groups in total. The quantitative estimate of drug-likeness (QED) is 0.793. The number of aromatic amines is 1. The summed E-state index contributed by atoms with van der Waals surface area (Å²) in [6.45, 7) is 3.21. The van der Waals surface area contributed by atoms with E-state index >= 15 is 0 Å². The van der Waals surface area contributed by atoms with Crippen molar-refractivity contribution in [1.29, 1.82) is 0 Å². The minimum atomic E-state index is -0.376. The molecule has 2 amide bonds. The van der Waals surface area contributed by atoms with Crippen molar-refractivity contribution in [3.8, 4) is 0 Å². The predicted octanol–water partition coefficient (Wildman–Crippen LogP) is 2.02. The number of urea groups is 1. The summed E-state index contributed by atoms with van der Waals surface area (Å²) >= 11 is 6.09. The minimum absolute atomic E-state index is 0.150. The third kappa shape index (κ3) is 2.46. The average Bonchev–Trinajstić information content (AvgIpc) is 2.75. The standard InChI is InChI=1S/C14H16ClN3O2/c1-8-2-13-9(4-12(8)15)3-10(17-13)5-16-14(20)18-6-11(19)7-18/h2-4,11,17,19H,5-7H2,1H3,(H,16,20). The molecule has 0 atom stereocenters. The fourth-order valence-corrected chi connectivity index (χ4v) is 2.49. The highest BCUT2D eigenvalue weighted by atomic mass is 35.5. The highest BCUT2D eigenvalue weighted by molar-refractivity contribution is 6.32. The first-order valence-corrected chi connectivity index (χ1v) is 6.89. The molecular formula is C14H16ClN3O2. The summed E-state index contributed by atoms with van der Waals surface area (Å²) in [5, 5.41) is 13.8. The molecule has 1 fully saturated rings. The van der Waals surface area contributed by atoms with Gasteiger partial charge in [0.05, 0.1) is 25.7 Å². The minimum Gasteiger partial charge on any atom is -0.389 e. The van der Waals surface area contributed by atoms with Crippen LogP contribution in [0.1, 0.15) is 11.3 Å². The van der Waals surface area contributed by atoms with E-state index in [2.05, 4.69) is 10.3 Å². The zero-order chi connectivity index (χ0) is 14.3. The van der Waals surface area contributed by atoms with Gasteiger partial charge in [-0.1, -0.05) is 11.6 Å². The van der Waals surface area contributed by atoms with Gasteiger partial charge in [0.15, 0.2) is 0 Å². The molecule has 0 saturated carbocycles. The summed E-state index contributed by atoms with van der Waals surface area (Å²) in [4.78, 5) is 16.6. The lowest BCUT2D eigenvalue weighted by Gasteiger charge is -2.35. The fourth-order valence-electron chi connectivity index (χ4n) is 2.32. The zero-order valence-electron chi connectivity index (χ0n) is 11.1. The van der Waals surface area contributed by atoms with Crippen LogP contribution in [-0.2, 0) is 6.54 Å². The number of β-amino-alcohol motifs (C(OH)–C–C–N with tert-alkyl or cyclic N) is 1. The molecule has 1 aromatic heterocycles. The van der Waals surface area contributed by atoms with Crippen LogP contribution in [0.25, 0.3) is 10.9 Å². The van der Waals surface area contributed by atoms with Gasteiger partial charge >= 0.3 is 6.03 Å². The Labute approximate surface area is 121 Å². The SMILES string of the molecule is Cc1cc2[nH]c(CNC(=O)N3CC(O)C3)cc2cc1Cl. The van der Waals surface area contributed by atoms with E-state index in [0.717, 1.165) is 27.2 Å². The molecule has 2 heterocycles. The lowest BCUT2D eigenvalue weighted by molar-refractivity contribution is 0.0265. The van der Waals surface area contributed by atoms with Crippen molar-refractivity contribution in [2.24, 2.45) is 0 Å². The van der Waals surface area contributed by atoms with Gasteiger partial charge in [0.25, 0.3) is 0 Å². The van der Waals surface area contributed by atoms with Gasteiger partial charge in [-0.2, -0.15) is 0 Å². The van der Waals surface area contributed by atoms with E-state index in [-0.39, 0.29) is 12.1 Å². The number of halogens is 1. The summed E-state index contributed by atoms with van der Waals surface area (Å²) in [5.41, 5.74) is 2.96. The smallest absolute Gasteiger partial charge is 0.317 e. The molecule has 1 aliphatic rings. The van der Waals surface area contributed by atoms with Gasteiger partial charge in [0.2, 0.25) is 0 Å². The highest BCUT2D eigenvalue weighted by Crippen LogP contribution is 2.24. The molecule has 6 heteroatoms. The van der Waals surface area contributed by atoms with Crippen molar-refractivity contribution in [1.82, 2.24) is 15.2 Å². The van der Waals surface area contributed by atoms with Gasteiger partial charge in [0, 0.05) is 21.6 Å². The molecule has 1 saturated heterocycles. The van der Waals surface area contributed by atoms with E-state index in [9.17, 15) is 4.79 Å². The summed E-state index contributed by atoms with van der Waals surface area (Å²) in [6, 6.07) is 5.74. The van der Waals surface area contributed by atoms with Crippen molar-refractivity contribution in [2.75, 3.05) is 13.1 Å². The second-order valence-corrected chi connectivity index (χ2v) is 5.61. The normalized spacial score (nSPS) is 15.4. The number of aliphatic hydroxyl groups is 1. The highest BCUT2D eigenvalue weighted by Gasteiger charge is 2.28. The maximum Gasteiger partial charge on any atom is 0.317 e. The number of H-pyrrole nitrogens is 1. The fraction of sp³-hybridized carbons (Fsp3) is 0.357. The Kier molecular flexibility index (Phi) is 3.31. The van der Waals surface area contributed by atoms with Crippen LogP contribution in [-0.4, -0.2) is 40.2 Å². The van der Waals surface area contributed by atoms with Crippen molar-refractivity contribution in [3.63, 3.8) is 0 Å². The van der Waals surface area contributed by atoms with E-state index in [0.29, 0.717) is 19.6 Å². The number of carbonyl (C=O) groups excluding carboxylic acids is 1. The van der Waals surface area contributed by atoms with Crippen LogP contribution in [0.3, 0.4) is 0 Å². The average molecular weight is 294 g/mol. The number of likely N-dealkylation sites (tertiary alicyclic amines) is 1. The molecule has 20 heavy (non-hydrogen) atoms. The van der Waals surface area contributed by atoms with Gasteiger partial charge in [0.1, 0.15) is 0 Å². The van der Waals surface area contributed by atoms with Crippen LogP contribution in [0.15, 0.2) is 18.2 Å². The number of nitrogens with one attached hydrogen (secondary N) is 2. The predicted molar refractivity (Wildman–Crippen MR) is 77.9 cm³/mol. The first kappa shape index (κ1) is 13.3. The molecule has 106 valence electrons. The molecule has 0 radical (unpaired) electrons. The molecule has 1 aliphatic heterocycles. The number of carbonyl (C=O) groups is 1. The first-order chi connectivity index (χ1) is 9.52. The number of amides is 2. The molecule has 5 nitrogen and oxygen atoms in total. The topological polar surface area (TPSA) is 68.4 Å². The summed E-state index contributed by atoms with van der Waals surface area (Å²) in [7, 11) is 0. The number of fused-ring (bicyclic) bond motifs is 1. The third-order valence-electron chi connectivity index (χ3n) is 3.54. The lowest BCUT2D eigenvalue weighted by atomic mass is 10.2. The van der Waals surface area contributed by atoms with Crippen molar-refractivity contribution >= 4 is 28.5 Å². The summed E-state index contributed by atoms with van der Waals surface area (Å²) in [6.07, 6.45) is -0.376. The van der Waals surface area contributed by atoms with Gasteiger partial charge in [-0.05, 0) is 30.7 Å². The summed E-state index contributed by atoms with van der Waals surface area (Å²) in [5.74, 6) is 0. The largest absolute Gasteiger partial charge is 0.389 e. The van der Waals surface area contributed by atoms with Gasteiger partial charge < -0.3 is 20.3 Å². The lowest BCUT2D eigenvalue weighted by Crippen LogP contribution is -2.56. The number of aryl methyl sites for hydroxylation is 1. The van der Waals surface area contributed by atoms with E-state index in [1.54, 1.807) is 4.90 Å². The van der Waals surface area contributed by atoms with E-state index in [4.69, 9.17) is 16.7 Å². The molecule has 1 aromatic carbocycles. The van der Waals surface area contributed by atoms with Crippen molar-refractivity contribution < 1.29 is 9.90 Å². The van der Waals surface area contributed by atoms with Crippen molar-refractivity contribution in [3.05, 3.63) is 34.5 Å². The van der Waals surface area contributed by atoms with Gasteiger partial charge in [-0.15, -0.1) is 0 Å². The Morgan fingerprint density at radius 1 is 1.50 bits per heavy atom. The second-order valence-electron chi connectivity index (χ2n) is 5.20. The molecule has 2 aromatic rings. The number of nitrogens with zero attached hydrogens (tertiary/aromatic N) is 1. The van der Waals surface area contributed by atoms with Gasteiger partial charge in [-0.25, -0.2) is 4.79 Å². The molecule has 0 bridgehead atoms. The molecular weight excluding hydrogens is 278 g/mol. The number of hydrogen-bond donors (Lipinski definition) is 3. The Morgan fingerprint density at radius 3 is 2.95 bits per heavy atom. The van der Waals surface area contributed by atoms with Crippen LogP contribution in [0.4, 0.5) is 4.79 Å². The Bertz CT molecular complexity index is 623. The molecule has 0 unspecified atom stereocenters. The number of benzene rings is 1. The first-order valence-electron chi connectivity index (χ1n) is 6.51. The van der Waals surface area contributed by atoms with E-state index in [1.165, 1.54) is 0 Å². The van der Waals surface area contributed by atoms with Gasteiger partial charge in [-0.3, -0.25) is 0 Å². The van der Waals surface area contributed by atoms with Crippen LogP contribution < -0.4 is 5.32 Å². The number of aromatic nitrogens is 1. The maximum atomic E-state index is 11.7. The molecule has 3 rings (SSSR count). The number of rotatable bonds is 2. The third-order valence-corrected chi connectivity index (χ3v) is 3.94. The van der Waals surface area contributed by atoms with Crippen LogP contribution in [0.2, 0.25) is 5.02 Å². The Morgan fingerprint density at radius 2 is 2.25 bits per heavy atom. The van der Waals surface area contributed by atoms with E-state index < -0.39 is 0 Å². The molecule has 0 spiro atoms. The van der Waals surface area contributed by atoms with E-state index in [1.807, 2.05) is 25.1 Å². The second kappa shape index (κ2) is 5.00. The Hall–Kier alpha value is -1.72. The Balaban J connectivity index is 1.67. The van der Waals surface area contributed by atoms with Crippen molar-refractivity contribution in [2.45, 2.75) is 19.6 Å². The summed E-state index contributed by atoms with van der Waals surface area (Å²) < 4.78 is 0. The zero-order valence-corrected chi connectivity index (χ0v) is 11.9. The van der Waals surface area contributed by atoms with Crippen LogP contribution in [0.5, 0.6) is 0 Å². The maximum absolute atomic E-state index is 11.7. The number of aliphatic hydroxyl groups excluding tert-OH is 1. The van der Waals surface area contributed by atoms with Crippen LogP contribution >= 0.6 is 11.6 Å².